The first kappa shape index (κ1) is 12.7. The van der Waals surface area contributed by atoms with Crippen molar-refractivity contribution < 1.29 is 4.79 Å². The van der Waals surface area contributed by atoms with Crippen molar-refractivity contribution in [3.63, 3.8) is 0 Å². The van der Waals surface area contributed by atoms with E-state index < -0.39 is 0 Å². The summed E-state index contributed by atoms with van der Waals surface area (Å²) in [6.45, 7) is 3.12. The Balaban J connectivity index is 1.71. The first-order valence-electron chi connectivity index (χ1n) is 7.28. The first-order chi connectivity index (χ1) is 8.24. The van der Waals surface area contributed by atoms with Crippen LogP contribution >= 0.6 is 0 Å². The number of carbonyl (C=O) groups excluding carboxylic acids is 1. The summed E-state index contributed by atoms with van der Waals surface area (Å²) in [5.74, 6) is 0. The van der Waals surface area contributed by atoms with E-state index in [1.807, 2.05) is 0 Å². The Kier molecular flexibility index (Phi) is 4.30. The molecule has 3 nitrogen and oxygen atoms in total. The third-order valence-electron chi connectivity index (χ3n) is 4.73. The lowest BCUT2D eigenvalue weighted by atomic mass is 9.83. The number of hydrogen-bond acceptors (Lipinski definition) is 1. The number of urea groups is 1. The second-order valence-corrected chi connectivity index (χ2v) is 5.87. The summed E-state index contributed by atoms with van der Waals surface area (Å²) >= 11 is 0. The molecule has 2 aliphatic carbocycles. The summed E-state index contributed by atoms with van der Waals surface area (Å²) in [4.78, 5) is 11.8. The van der Waals surface area contributed by atoms with Crippen LogP contribution in [0.4, 0.5) is 4.79 Å². The van der Waals surface area contributed by atoms with Gasteiger partial charge in [-0.2, -0.15) is 0 Å². The van der Waals surface area contributed by atoms with Crippen molar-refractivity contribution in [1.29, 1.82) is 0 Å². The first-order valence-corrected chi connectivity index (χ1v) is 7.28. The van der Waals surface area contributed by atoms with Gasteiger partial charge < -0.3 is 10.6 Å². The lowest BCUT2D eigenvalue weighted by Crippen LogP contribution is -2.44. The molecule has 98 valence electrons. The molecule has 2 fully saturated rings. The Morgan fingerprint density at radius 1 is 1.18 bits per heavy atom. The molecule has 0 aliphatic heterocycles. The summed E-state index contributed by atoms with van der Waals surface area (Å²) in [6.07, 6.45) is 11.3. The van der Waals surface area contributed by atoms with E-state index in [9.17, 15) is 4.79 Å². The Labute approximate surface area is 105 Å². The third-order valence-corrected chi connectivity index (χ3v) is 4.73. The van der Waals surface area contributed by atoms with E-state index in [4.69, 9.17) is 0 Å². The molecular formula is C14H26N2O. The van der Waals surface area contributed by atoms with Crippen LogP contribution in [0.5, 0.6) is 0 Å². The number of carbonyl (C=O) groups is 1. The average molecular weight is 238 g/mol. The maximum absolute atomic E-state index is 11.8. The van der Waals surface area contributed by atoms with Gasteiger partial charge in [0.2, 0.25) is 0 Å². The lowest BCUT2D eigenvalue weighted by Gasteiger charge is -2.28. The van der Waals surface area contributed by atoms with Crippen LogP contribution in [0, 0.1) is 5.41 Å². The van der Waals surface area contributed by atoms with Gasteiger partial charge in [-0.1, -0.05) is 32.6 Å². The molecule has 2 N–H and O–H groups in total. The minimum atomic E-state index is 0.0524. The van der Waals surface area contributed by atoms with E-state index in [0.717, 1.165) is 19.4 Å². The Morgan fingerprint density at radius 2 is 1.82 bits per heavy atom. The second-order valence-electron chi connectivity index (χ2n) is 5.87. The van der Waals surface area contributed by atoms with Crippen molar-refractivity contribution in [3.05, 3.63) is 0 Å². The largest absolute Gasteiger partial charge is 0.338 e. The van der Waals surface area contributed by atoms with Crippen LogP contribution in [0.25, 0.3) is 0 Å². The number of rotatable bonds is 4. The molecule has 0 aromatic rings. The van der Waals surface area contributed by atoms with Gasteiger partial charge in [-0.3, -0.25) is 0 Å². The zero-order chi connectivity index (χ0) is 12.1. The molecule has 0 spiro atoms. The number of nitrogens with one attached hydrogen (secondary N) is 2. The fourth-order valence-electron chi connectivity index (χ4n) is 3.35. The molecule has 0 aromatic carbocycles. The van der Waals surface area contributed by atoms with Gasteiger partial charge in [0.05, 0.1) is 0 Å². The Hall–Kier alpha value is -0.730. The normalized spacial score (nSPS) is 23.8. The highest BCUT2D eigenvalue weighted by Gasteiger charge is 2.32. The van der Waals surface area contributed by atoms with Gasteiger partial charge in [0.25, 0.3) is 0 Å². The molecule has 0 bridgehead atoms. The van der Waals surface area contributed by atoms with Crippen molar-refractivity contribution in [3.8, 4) is 0 Å². The van der Waals surface area contributed by atoms with E-state index in [2.05, 4.69) is 17.6 Å². The third kappa shape index (κ3) is 3.36. The zero-order valence-electron chi connectivity index (χ0n) is 11.1. The standard InChI is InChI=1S/C14H26N2O/c1-2-14(9-5-6-10-14)11-15-13(17)16-12-7-3-4-8-12/h12H,2-11H2,1H3,(H2,15,16,17). The van der Waals surface area contributed by atoms with Crippen molar-refractivity contribution >= 4 is 6.03 Å². The second kappa shape index (κ2) is 5.74. The molecule has 2 saturated carbocycles. The molecule has 0 atom stereocenters. The molecule has 2 rings (SSSR count). The summed E-state index contributed by atoms with van der Waals surface area (Å²) in [7, 11) is 0. The molecular weight excluding hydrogens is 212 g/mol. The molecule has 2 amide bonds. The highest BCUT2D eigenvalue weighted by Crippen LogP contribution is 2.40. The Morgan fingerprint density at radius 3 is 2.41 bits per heavy atom. The Bertz CT molecular complexity index is 253. The van der Waals surface area contributed by atoms with Crippen molar-refractivity contribution in [2.75, 3.05) is 6.54 Å². The molecule has 0 unspecified atom stereocenters. The monoisotopic (exact) mass is 238 g/mol. The summed E-state index contributed by atoms with van der Waals surface area (Å²) in [5.41, 5.74) is 0.396. The van der Waals surface area contributed by atoms with Gasteiger partial charge in [-0.05, 0) is 37.5 Å². The van der Waals surface area contributed by atoms with Crippen LogP contribution in [-0.4, -0.2) is 18.6 Å². The fourth-order valence-corrected chi connectivity index (χ4v) is 3.35. The molecule has 0 heterocycles. The minimum Gasteiger partial charge on any atom is -0.338 e. The maximum Gasteiger partial charge on any atom is 0.315 e. The molecule has 0 radical (unpaired) electrons. The van der Waals surface area contributed by atoms with Gasteiger partial charge >= 0.3 is 6.03 Å². The van der Waals surface area contributed by atoms with Crippen molar-refractivity contribution in [2.45, 2.75) is 70.8 Å². The van der Waals surface area contributed by atoms with Gasteiger partial charge in [-0.25, -0.2) is 4.79 Å². The predicted molar refractivity (Wildman–Crippen MR) is 70.0 cm³/mol. The van der Waals surface area contributed by atoms with E-state index in [1.165, 1.54) is 44.9 Å². The van der Waals surface area contributed by atoms with Gasteiger partial charge in [0.15, 0.2) is 0 Å². The van der Waals surface area contributed by atoms with Crippen molar-refractivity contribution in [2.24, 2.45) is 5.41 Å². The summed E-state index contributed by atoms with van der Waals surface area (Å²) in [6, 6.07) is 0.479. The van der Waals surface area contributed by atoms with E-state index >= 15 is 0 Å². The van der Waals surface area contributed by atoms with Crippen LogP contribution in [0.2, 0.25) is 0 Å². The SMILES string of the molecule is CCC1(CNC(=O)NC2CCCC2)CCCC1. The topological polar surface area (TPSA) is 41.1 Å². The average Bonchev–Trinajstić information content (AvgIpc) is 2.98. The van der Waals surface area contributed by atoms with Crippen LogP contribution < -0.4 is 10.6 Å². The van der Waals surface area contributed by atoms with E-state index in [-0.39, 0.29) is 6.03 Å². The van der Waals surface area contributed by atoms with Crippen LogP contribution in [-0.2, 0) is 0 Å². The highest BCUT2D eigenvalue weighted by atomic mass is 16.2. The quantitative estimate of drug-likeness (QED) is 0.776. The predicted octanol–water partition coefficient (Wildman–Crippen LogP) is 3.20. The maximum atomic E-state index is 11.8. The fraction of sp³-hybridized carbons (Fsp3) is 0.929. The van der Waals surface area contributed by atoms with Crippen molar-refractivity contribution in [1.82, 2.24) is 10.6 Å². The molecule has 0 aromatic heterocycles. The number of amides is 2. The van der Waals surface area contributed by atoms with Crippen LogP contribution in [0.3, 0.4) is 0 Å². The molecule has 17 heavy (non-hydrogen) atoms. The van der Waals surface area contributed by atoms with Gasteiger partial charge in [0.1, 0.15) is 0 Å². The van der Waals surface area contributed by atoms with E-state index in [1.54, 1.807) is 0 Å². The minimum absolute atomic E-state index is 0.0524. The van der Waals surface area contributed by atoms with Crippen LogP contribution in [0.15, 0.2) is 0 Å². The highest BCUT2D eigenvalue weighted by molar-refractivity contribution is 5.74. The molecule has 0 saturated heterocycles. The zero-order valence-corrected chi connectivity index (χ0v) is 11.1. The lowest BCUT2D eigenvalue weighted by molar-refractivity contribution is 0.221. The molecule has 3 heteroatoms. The summed E-state index contributed by atoms with van der Waals surface area (Å²) in [5, 5.41) is 6.19. The van der Waals surface area contributed by atoms with Gasteiger partial charge in [-0.15, -0.1) is 0 Å². The smallest absolute Gasteiger partial charge is 0.315 e. The van der Waals surface area contributed by atoms with Gasteiger partial charge in [0, 0.05) is 12.6 Å². The van der Waals surface area contributed by atoms with E-state index in [0.29, 0.717) is 11.5 Å². The van der Waals surface area contributed by atoms with Crippen LogP contribution in [0.1, 0.15) is 64.7 Å². The summed E-state index contributed by atoms with van der Waals surface area (Å²) < 4.78 is 0. The number of hydrogen-bond donors (Lipinski definition) is 2. The molecule has 2 aliphatic rings.